The number of rotatable bonds is 3. The van der Waals surface area contributed by atoms with Crippen molar-refractivity contribution >= 4 is 18.4 Å². The van der Waals surface area contributed by atoms with Gasteiger partial charge in [0.15, 0.2) is 0 Å². The van der Waals surface area contributed by atoms with E-state index in [0.717, 1.165) is 13.0 Å². The Morgan fingerprint density at radius 3 is 2.75 bits per heavy atom. The molecule has 0 bridgehead atoms. The van der Waals surface area contributed by atoms with Crippen molar-refractivity contribution in [1.29, 1.82) is 0 Å². The van der Waals surface area contributed by atoms with E-state index in [1.54, 1.807) is 0 Å². The van der Waals surface area contributed by atoms with Gasteiger partial charge in [0.25, 0.3) is 0 Å². The quantitative estimate of drug-likeness (QED) is 0.679. The fraction of sp³-hybridized carbons (Fsp3) is 0.857. The van der Waals surface area contributed by atoms with E-state index in [1.807, 2.05) is 0 Å². The SMILES string of the molecule is COCC1(C(=O)O)CCCN1.Cl. The van der Waals surface area contributed by atoms with Crippen molar-refractivity contribution in [2.75, 3.05) is 20.3 Å². The van der Waals surface area contributed by atoms with E-state index in [2.05, 4.69) is 5.32 Å². The van der Waals surface area contributed by atoms with Gasteiger partial charge in [0.1, 0.15) is 5.54 Å². The molecule has 0 amide bonds. The first-order chi connectivity index (χ1) is 5.21. The van der Waals surface area contributed by atoms with Crippen LogP contribution in [0.5, 0.6) is 0 Å². The van der Waals surface area contributed by atoms with Gasteiger partial charge >= 0.3 is 5.97 Å². The molecule has 0 saturated carbocycles. The van der Waals surface area contributed by atoms with Crippen molar-refractivity contribution in [3.63, 3.8) is 0 Å². The Kier molecular flexibility index (Phi) is 4.52. The second-order valence-electron chi connectivity index (χ2n) is 2.85. The average molecular weight is 196 g/mol. The van der Waals surface area contributed by atoms with Crippen LogP contribution in [0.15, 0.2) is 0 Å². The molecule has 1 aliphatic rings. The van der Waals surface area contributed by atoms with Gasteiger partial charge in [-0.05, 0) is 19.4 Å². The van der Waals surface area contributed by atoms with Crippen LogP contribution < -0.4 is 5.32 Å². The van der Waals surface area contributed by atoms with E-state index in [1.165, 1.54) is 7.11 Å². The third-order valence-electron chi connectivity index (χ3n) is 2.04. The molecule has 1 fully saturated rings. The minimum absolute atomic E-state index is 0. The summed E-state index contributed by atoms with van der Waals surface area (Å²) in [5.74, 6) is -0.808. The maximum atomic E-state index is 10.8. The Balaban J connectivity index is 0.00000121. The molecule has 5 heteroatoms. The van der Waals surface area contributed by atoms with Gasteiger partial charge in [0.05, 0.1) is 6.61 Å². The van der Waals surface area contributed by atoms with Crippen LogP contribution in [0.4, 0.5) is 0 Å². The van der Waals surface area contributed by atoms with Crippen LogP contribution in [0.3, 0.4) is 0 Å². The zero-order valence-corrected chi connectivity index (χ0v) is 7.82. The number of hydrogen-bond donors (Lipinski definition) is 2. The molecule has 1 unspecified atom stereocenters. The highest BCUT2D eigenvalue weighted by atomic mass is 35.5. The summed E-state index contributed by atoms with van der Waals surface area (Å²) in [6.07, 6.45) is 1.58. The van der Waals surface area contributed by atoms with E-state index >= 15 is 0 Å². The minimum Gasteiger partial charge on any atom is -0.480 e. The number of aliphatic carboxylic acids is 1. The summed E-state index contributed by atoms with van der Waals surface area (Å²) in [6.45, 7) is 1.03. The Morgan fingerprint density at radius 2 is 2.42 bits per heavy atom. The monoisotopic (exact) mass is 195 g/mol. The zero-order chi connectivity index (χ0) is 8.32. The topological polar surface area (TPSA) is 58.6 Å². The second kappa shape index (κ2) is 4.64. The highest BCUT2D eigenvalue weighted by molar-refractivity contribution is 5.85. The van der Waals surface area contributed by atoms with E-state index in [9.17, 15) is 4.79 Å². The predicted molar refractivity (Wildman–Crippen MR) is 46.7 cm³/mol. The summed E-state index contributed by atoms with van der Waals surface area (Å²) in [5, 5.41) is 11.8. The van der Waals surface area contributed by atoms with Gasteiger partial charge in [-0.3, -0.25) is 10.1 Å². The Hall–Kier alpha value is -0.320. The molecule has 12 heavy (non-hydrogen) atoms. The van der Waals surface area contributed by atoms with E-state index in [-0.39, 0.29) is 19.0 Å². The smallest absolute Gasteiger partial charge is 0.326 e. The summed E-state index contributed by atoms with van der Waals surface area (Å²) in [7, 11) is 1.52. The normalized spacial score (nSPS) is 28.1. The van der Waals surface area contributed by atoms with Crippen molar-refractivity contribution in [1.82, 2.24) is 5.32 Å². The van der Waals surface area contributed by atoms with Crippen LogP contribution in [0.2, 0.25) is 0 Å². The molecule has 1 rings (SSSR count). The Bertz CT molecular complexity index is 157. The lowest BCUT2D eigenvalue weighted by Gasteiger charge is -2.22. The van der Waals surface area contributed by atoms with E-state index in [4.69, 9.17) is 9.84 Å². The molecule has 0 aliphatic carbocycles. The summed E-state index contributed by atoms with van der Waals surface area (Å²) in [6, 6.07) is 0. The van der Waals surface area contributed by atoms with Crippen molar-refractivity contribution in [3.8, 4) is 0 Å². The van der Waals surface area contributed by atoms with Gasteiger partial charge in [-0.1, -0.05) is 0 Å². The molecule has 1 atom stereocenters. The molecule has 1 saturated heterocycles. The first kappa shape index (κ1) is 11.7. The minimum atomic E-state index is -0.811. The third-order valence-corrected chi connectivity index (χ3v) is 2.04. The molecule has 0 aromatic heterocycles. The molecule has 0 aromatic rings. The molecule has 2 N–H and O–H groups in total. The van der Waals surface area contributed by atoms with Crippen molar-refractivity contribution in [3.05, 3.63) is 0 Å². The van der Waals surface area contributed by atoms with Gasteiger partial charge in [-0.25, -0.2) is 0 Å². The number of nitrogens with one attached hydrogen (secondary N) is 1. The van der Waals surface area contributed by atoms with Crippen molar-refractivity contribution in [2.45, 2.75) is 18.4 Å². The summed E-state index contributed by atoms with van der Waals surface area (Å²) >= 11 is 0. The van der Waals surface area contributed by atoms with E-state index < -0.39 is 11.5 Å². The lowest BCUT2D eigenvalue weighted by Crippen LogP contribution is -2.51. The lowest BCUT2D eigenvalue weighted by atomic mass is 9.99. The number of carboxylic acids is 1. The molecule has 4 nitrogen and oxygen atoms in total. The van der Waals surface area contributed by atoms with Gasteiger partial charge in [0.2, 0.25) is 0 Å². The van der Waals surface area contributed by atoms with Crippen LogP contribution in [0.25, 0.3) is 0 Å². The van der Waals surface area contributed by atoms with Gasteiger partial charge in [-0.15, -0.1) is 12.4 Å². The molecular formula is C7H14ClNO3. The molecule has 0 spiro atoms. The van der Waals surface area contributed by atoms with Crippen LogP contribution in [-0.4, -0.2) is 36.9 Å². The van der Waals surface area contributed by atoms with Crippen LogP contribution in [0.1, 0.15) is 12.8 Å². The number of carboxylic acid groups (broad SMARTS) is 1. The third kappa shape index (κ3) is 2.09. The Morgan fingerprint density at radius 1 is 1.75 bits per heavy atom. The van der Waals surface area contributed by atoms with Crippen LogP contribution in [0, 0.1) is 0 Å². The van der Waals surface area contributed by atoms with Gasteiger partial charge in [0, 0.05) is 7.11 Å². The predicted octanol–water partition coefficient (Wildman–Crippen LogP) is 0.261. The lowest BCUT2D eigenvalue weighted by molar-refractivity contribution is -0.146. The number of hydrogen-bond acceptors (Lipinski definition) is 3. The highest BCUT2D eigenvalue weighted by Crippen LogP contribution is 2.19. The Labute approximate surface area is 77.7 Å². The van der Waals surface area contributed by atoms with Gasteiger partial charge < -0.3 is 9.84 Å². The number of carbonyl (C=O) groups is 1. The maximum absolute atomic E-state index is 10.8. The highest BCUT2D eigenvalue weighted by Gasteiger charge is 2.40. The number of ether oxygens (including phenoxy) is 1. The summed E-state index contributed by atoms with van der Waals surface area (Å²) in [5.41, 5.74) is -0.811. The van der Waals surface area contributed by atoms with Crippen LogP contribution in [-0.2, 0) is 9.53 Å². The maximum Gasteiger partial charge on any atom is 0.326 e. The molecule has 1 aliphatic heterocycles. The fourth-order valence-electron chi connectivity index (χ4n) is 1.42. The zero-order valence-electron chi connectivity index (χ0n) is 7.00. The van der Waals surface area contributed by atoms with Crippen molar-refractivity contribution < 1.29 is 14.6 Å². The fourth-order valence-corrected chi connectivity index (χ4v) is 1.42. The average Bonchev–Trinajstić information content (AvgIpc) is 2.38. The van der Waals surface area contributed by atoms with E-state index in [0.29, 0.717) is 6.42 Å². The molecular weight excluding hydrogens is 182 g/mol. The van der Waals surface area contributed by atoms with Crippen molar-refractivity contribution in [2.24, 2.45) is 0 Å². The largest absolute Gasteiger partial charge is 0.480 e. The number of methoxy groups -OCH3 is 1. The molecule has 0 aromatic carbocycles. The second-order valence-corrected chi connectivity index (χ2v) is 2.85. The molecule has 0 radical (unpaired) electrons. The molecule has 72 valence electrons. The van der Waals surface area contributed by atoms with Crippen LogP contribution >= 0.6 is 12.4 Å². The molecule has 1 heterocycles. The first-order valence-electron chi connectivity index (χ1n) is 3.69. The summed E-state index contributed by atoms with van der Waals surface area (Å²) < 4.78 is 4.85. The summed E-state index contributed by atoms with van der Waals surface area (Å²) in [4.78, 5) is 10.8. The first-order valence-corrected chi connectivity index (χ1v) is 3.69. The standard InChI is InChI=1S/C7H13NO3.ClH/c1-11-5-7(6(9)10)3-2-4-8-7;/h8H,2-5H2,1H3,(H,9,10);1H. The van der Waals surface area contributed by atoms with Gasteiger partial charge in [-0.2, -0.15) is 0 Å². The number of halogens is 1.